The van der Waals surface area contributed by atoms with Crippen molar-refractivity contribution in [2.75, 3.05) is 0 Å². The van der Waals surface area contributed by atoms with E-state index >= 15 is 0 Å². The van der Waals surface area contributed by atoms with Crippen LogP contribution in [0.2, 0.25) is 0 Å². The number of rotatable bonds is 0. The number of alkyl halides is 6. The molecule has 10 heteroatoms. The lowest BCUT2D eigenvalue weighted by Crippen LogP contribution is -2.84. The highest BCUT2D eigenvalue weighted by Gasteiger charge is 2.61. The maximum absolute atomic E-state index is 6.41. The van der Waals surface area contributed by atoms with E-state index in [1.807, 2.05) is 0 Å². The predicted octanol–water partition coefficient (Wildman–Crippen LogP) is 2.91. The van der Waals surface area contributed by atoms with Gasteiger partial charge in [-0.1, -0.05) is 82.6 Å². The lowest BCUT2D eigenvalue weighted by molar-refractivity contribution is -0.0230. The van der Waals surface area contributed by atoms with Crippen molar-refractivity contribution in [3.05, 3.63) is 0 Å². The summed E-state index contributed by atoms with van der Waals surface area (Å²) in [5.74, 6) is 5.89. The Morgan fingerprint density at radius 2 is 1.56 bits per heavy atom. The molecule has 1 saturated heterocycles. The van der Waals surface area contributed by atoms with Crippen LogP contribution < -0.4 is 16.5 Å². The second-order valence-electron chi connectivity index (χ2n) is 3.70. The van der Waals surface area contributed by atoms with E-state index in [0.29, 0.717) is 0 Å². The highest BCUT2D eigenvalue weighted by Crippen LogP contribution is 2.51. The third-order valence-electron chi connectivity index (χ3n) is 2.02. The first-order valence-electron chi connectivity index (χ1n) is 4.09. The van der Waals surface area contributed by atoms with Crippen molar-refractivity contribution in [3.8, 4) is 0 Å². The van der Waals surface area contributed by atoms with Crippen molar-refractivity contribution >= 4 is 82.6 Å². The Labute approximate surface area is 134 Å². The molecule has 0 amide bonds. The molecule has 1 rings (SSSR count). The fourth-order valence-corrected chi connectivity index (χ4v) is 3.39. The molecule has 1 aliphatic heterocycles. The lowest BCUT2D eigenvalue weighted by Gasteiger charge is -2.56. The summed E-state index contributed by atoms with van der Waals surface area (Å²) in [6, 6.07) is 0. The average molecular weight is 484 g/mol. The van der Waals surface area contributed by atoms with E-state index in [0.717, 1.165) is 0 Å². The number of nitrogens with two attached hydrogens (primary N) is 1. The first-order chi connectivity index (χ1) is 6.82. The molecule has 1 aliphatic rings. The van der Waals surface area contributed by atoms with Gasteiger partial charge in [-0.05, 0) is 13.8 Å². The van der Waals surface area contributed by atoms with E-state index in [9.17, 15) is 0 Å². The maximum atomic E-state index is 6.41. The van der Waals surface area contributed by atoms with Crippen LogP contribution in [0.5, 0.6) is 0 Å². The second-order valence-corrected chi connectivity index (χ2v) is 12.5. The lowest BCUT2D eigenvalue weighted by atomic mass is 10.3. The number of halogens is 6. The minimum atomic E-state index is -1.30. The summed E-state index contributed by atoms with van der Waals surface area (Å²) in [7, 11) is 0. The molecule has 0 saturated carbocycles. The zero-order valence-corrected chi connectivity index (χ0v) is 15.3. The van der Waals surface area contributed by atoms with Crippen molar-refractivity contribution in [3.63, 3.8) is 0 Å². The third kappa shape index (κ3) is 3.00. The van der Waals surface area contributed by atoms with E-state index in [4.69, 9.17) is 40.6 Å². The van der Waals surface area contributed by atoms with Gasteiger partial charge in [-0.3, -0.25) is 16.5 Å². The van der Waals surface area contributed by atoms with E-state index < -0.39 is 17.5 Å². The van der Waals surface area contributed by atoms with Crippen LogP contribution in [0.4, 0.5) is 0 Å². The molecule has 0 aromatic rings. The van der Waals surface area contributed by atoms with Gasteiger partial charge in [-0.15, -0.1) is 0 Å². The van der Waals surface area contributed by atoms with Crippen molar-refractivity contribution in [1.82, 2.24) is 15.6 Å². The van der Waals surface area contributed by atoms with E-state index in [-0.39, 0.29) is 0 Å². The van der Waals surface area contributed by atoms with Gasteiger partial charge < -0.3 is 0 Å². The third-order valence-corrected chi connectivity index (χ3v) is 5.46. The van der Waals surface area contributed by atoms with Crippen LogP contribution in [0.3, 0.4) is 0 Å². The Balaban J connectivity index is 3.19. The van der Waals surface area contributed by atoms with Crippen LogP contribution in [0.25, 0.3) is 0 Å². The number of hydrazine groups is 1. The predicted molar refractivity (Wildman–Crippen MR) is 78.9 cm³/mol. The fraction of sp³-hybridized carbons (Fsp3) is 1.00. The molecular weight excluding hydrogens is 474 g/mol. The molecule has 0 aliphatic carbocycles. The molecule has 0 radical (unpaired) electrons. The number of hydrogen-bond acceptors (Lipinski definition) is 4. The largest absolute Gasteiger partial charge is 0.263 e. The Bertz CT molecular complexity index is 295. The van der Waals surface area contributed by atoms with Gasteiger partial charge in [0.1, 0.15) is 5.12 Å². The SMILES string of the molecule is CC1(Cl)NC(C)(Cl)N(N)C(Cl)(C(Br)(Br)Br)N1. The van der Waals surface area contributed by atoms with Gasteiger partial charge in [0.25, 0.3) is 0 Å². The summed E-state index contributed by atoms with van der Waals surface area (Å²) >= 11 is 28.7. The molecule has 3 unspecified atom stereocenters. The van der Waals surface area contributed by atoms with Crippen molar-refractivity contribution in [1.29, 1.82) is 0 Å². The van der Waals surface area contributed by atoms with Crippen LogP contribution >= 0.6 is 82.6 Å². The molecule has 4 nitrogen and oxygen atoms in total. The normalized spacial score (nSPS) is 47.1. The number of hydrogen-bond donors (Lipinski definition) is 3. The highest BCUT2D eigenvalue weighted by molar-refractivity contribution is 9.39. The molecule has 16 heavy (non-hydrogen) atoms. The molecule has 96 valence electrons. The smallest absolute Gasteiger partial charge is 0.201 e. The summed E-state index contributed by atoms with van der Waals surface area (Å²) < 4.78 is -0.926. The Hall–Kier alpha value is 2.15. The number of nitrogens with zero attached hydrogens (tertiary/aromatic N) is 1. The molecule has 0 aromatic heterocycles. The van der Waals surface area contributed by atoms with Crippen LogP contribution in [0.1, 0.15) is 13.8 Å². The van der Waals surface area contributed by atoms with Gasteiger partial charge in [0.15, 0.2) is 7.26 Å². The van der Waals surface area contributed by atoms with Gasteiger partial charge in [0.05, 0.1) is 0 Å². The minimum Gasteiger partial charge on any atom is -0.263 e. The van der Waals surface area contributed by atoms with Gasteiger partial charge in [-0.25, -0.2) is 0 Å². The van der Waals surface area contributed by atoms with E-state index in [2.05, 4.69) is 58.4 Å². The zero-order chi connectivity index (χ0) is 13.0. The van der Waals surface area contributed by atoms with Crippen molar-refractivity contribution in [2.45, 2.75) is 31.4 Å². The molecule has 1 fully saturated rings. The first-order valence-corrected chi connectivity index (χ1v) is 7.60. The van der Waals surface area contributed by atoms with Crippen LogP contribution in [-0.2, 0) is 0 Å². The topological polar surface area (TPSA) is 53.3 Å². The standard InChI is InChI=1S/C6H10Br3Cl3N4/c1-3(10)14-4(2,11)16(13)6(12,15-3)5(7,8)9/h14-15H,13H2,1-2H3. The molecule has 0 bridgehead atoms. The van der Waals surface area contributed by atoms with Crippen molar-refractivity contribution in [2.24, 2.45) is 5.84 Å². The van der Waals surface area contributed by atoms with Gasteiger partial charge in [0, 0.05) is 0 Å². The zero-order valence-electron chi connectivity index (χ0n) is 8.29. The molecule has 3 atom stereocenters. The maximum Gasteiger partial charge on any atom is 0.201 e. The van der Waals surface area contributed by atoms with E-state index in [1.54, 1.807) is 13.8 Å². The Morgan fingerprint density at radius 3 is 1.94 bits per heavy atom. The van der Waals surface area contributed by atoms with E-state index in [1.165, 1.54) is 5.01 Å². The van der Waals surface area contributed by atoms with Crippen LogP contribution in [0, 0.1) is 0 Å². The van der Waals surface area contributed by atoms with Gasteiger partial charge >= 0.3 is 0 Å². The molecular formula is C6H10Br3Cl3N4. The van der Waals surface area contributed by atoms with Crippen molar-refractivity contribution < 1.29 is 0 Å². The summed E-state index contributed by atoms with van der Waals surface area (Å²) in [5, 5.41) is 3.55. The molecule has 4 N–H and O–H groups in total. The molecule has 0 spiro atoms. The van der Waals surface area contributed by atoms with Gasteiger partial charge in [-0.2, -0.15) is 5.01 Å². The summed E-state index contributed by atoms with van der Waals surface area (Å²) in [5.41, 5.74) is 0. The molecule has 0 aromatic carbocycles. The quantitative estimate of drug-likeness (QED) is 0.281. The summed E-state index contributed by atoms with van der Waals surface area (Å²) in [6.45, 7) is 3.32. The van der Waals surface area contributed by atoms with Crippen LogP contribution in [-0.4, -0.2) is 22.5 Å². The highest BCUT2D eigenvalue weighted by atomic mass is 80.0. The average Bonchev–Trinajstić information content (AvgIpc) is 1.95. The second kappa shape index (κ2) is 4.61. The van der Waals surface area contributed by atoms with Gasteiger partial charge in [0.2, 0.25) is 5.12 Å². The molecule has 1 heterocycles. The number of nitrogens with one attached hydrogen (secondary N) is 2. The Kier molecular flexibility index (Phi) is 4.67. The monoisotopic (exact) mass is 480 g/mol. The summed E-state index contributed by atoms with van der Waals surface area (Å²) in [4.78, 5) is 0. The first kappa shape index (κ1) is 16.2. The summed E-state index contributed by atoms with van der Waals surface area (Å²) in [6.07, 6.45) is 0. The van der Waals surface area contributed by atoms with Crippen LogP contribution in [0.15, 0.2) is 0 Å². The minimum absolute atomic E-state index is 0.926. The Morgan fingerprint density at radius 1 is 1.12 bits per heavy atom. The fourth-order valence-electron chi connectivity index (χ4n) is 1.39.